The van der Waals surface area contributed by atoms with Gasteiger partial charge in [-0.2, -0.15) is 10.4 Å². The molecule has 1 aromatic heterocycles. The number of aryl methyl sites for hydroxylation is 1. The summed E-state index contributed by atoms with van der Waals surface area (Å²) in [5.41, 5.74) is -0.0587. The van der Waals surface area contributed by atoms with Gasteiger partial charge in [0.2, 0.25) is 14.8 Å². The van der Waals surface area contributed by atoms with Crippen LogP contribution in [-0.4, -0.2) is 47.2 Å². The monoisotopic (exact) mass is 469 g/mol. The lowest BCUT2D eigenvalue weighted by Gasteiger charge is -2.37. The summed E-state index contributed by atoms with van der Waals surface area (Å²) in [6.07, 6.45) is -2.20. The van der Waals surface area contributed by atoms with E-state index in [9.17, 15) is 22.0 Å². The molecule has 1 fully saturated rings. The minimum Gasteiger partial charge on any atom is -0.325 e. The van der Waals surface area contributed by atoms with E-state index in [0.29, 0.717) is 11.3 Å². The third-order valence-electron chi connectivity index (χ3n) is 5.62. The number of nitriles is 1. The lowest BCUT2D eigenvalue weighted by molar-refractivity contribution is 0.116. The van der Waals surface area contributed by atoms with Gasteiger partial charge in [0.1, 0.15) is 10.6 Å². The van der Waals surface area contributed by atoms with Crippen LogP contribution in [0.2, 0.25) is 0 Å². The first-order chi connectivity index (χ1) is 15.0. The standard InChI is InChI=1S/C20H22F3N5O3S/c1-20(23,32(30,31)16-12-27(2)26-17(16)18(21)22)14-7-9-28(10-8-14)19(29)25-15-5-3-13(11-24)4-6-15/h3-6,12,14,18H,7-10H2,1-2H3,(H,25,29). The second-order valence-electron chi connectivity index (χ2n) is 7.72. The van der Waals surface area contributed by atoms with Crippen molar-refractivity contribution in [3.8, 4) is 6.07 Å². The topological polar surface area (TPSA) is 108 Å². The number of benzene rings is 1. The van der Waals surface area contributed by atoms with Crippen LogP contribution in [0.5, 0.6) is 0 Å². The van der Waals surface area contributed by atoms with E-state index >= 15 is 4.39 Å². The zero-order valence-corrected chi connectivity index (χ0v) is 18.2. The molecule has 1 aliphatic heterocycles. The number of carbonyl (C=O) groups excluding carboxylic acids is 1. The summed E-state index contributed by atoms with van der Waals surface area (Å²) < 4.78 is 68.9. The molecule has 1 aliphatic rings. The van der Waals surface area contributed by atoms with Crippen molar-refractivity contribution in [3.05, 3.63) is 41.7 Å². The molecule has 1 N–H and O–H groups in total. The molecule has 12 heteroatoms. The lowest BCUT2D eigenvalue weighted by atomic mass is 9.92. The Morgan fingerprint density at radius 2 is 1.88 bits per heavy atom. The average molecular weight is 469 g/mol. The number of alkyl halides is 3. The minimum atomic E-state index is -4.76. The van der Waals surface area contributed by atoms with Crippen molar-refractivity contribution in [3.63, 3.8) is 0 Å². The zero-order chi connectivity index (χ0) is 23.7. The Labute approximate surface area is 183 Å². The number of carbonyl (C=O) groups is 1. The Morgan fingerprint density at radius 1 is 1.28 bits per heavy atom. The molecule has 2 heterocycles. The van der Waals surface area contributed by atoms with Gasteiger partial charge in [-0.15, -0.1) is 0 Å². The summed E-state index contributed by atoms with van der Waals surface area (Å²) in [6.45, 7) is 1.06. The van der Waals surface area contributed by atoms with E-state index in [0.717, 1.165) is 17.8 Å². The predicted octanol–water partition coefficient (Wildman–Crippen LogP) is 3.63. The smallest absolute Gasteiger partial charge is 0.321 e. The van der Waals surface area contributed by atoms with E-state index in [2.05, 4.69) is 10.4 Å². The quantitative estimate of drug-likeness (QED) is 0.719. The molecule has 32 heavy (non-hydrogen) atoms. The Balaban J connectivity index is 1.69. The second-order valence-corrected chi connectivity index (χ2v) is 9.97. The van der Waals surface area contributed by atoms with E-state index in [4.69, 9.17) is 5.26 Å². The van der Waals surface area contributed by atoms with Crippen LogP contribution in [-0.2, 0) is 16.9 Å². The Hall–Kier alpha value is -3.07. The molecule has 0 radical (unpaired) electrons. The van der Waals surface area contributed by atoms with E-state index in [1.165, 1.54) is 11.9 Å². The van der Waals surface area contributed by atoms with Crippen LogP contribution in [0.1, 0.15) is 37.4 Å². The van der Waals surface area contributed by atoms with Crippen LogP contribution < -0.4 is 5.32 Å². The number of nitrogens with one attached hydrogen (secondary N) is 1. The number of likely N-dealkylation sites (tertiary alicyclic amines) is 1. The zero-order valence-electron chi connectivity index (χ0n) is 17.4. The number of hydrogen-bond acceptors (Lipinski definition) is 5. The molecular weight excluding hydrogens is 447 g/mol. The van der Waals surface area contributed by atoms with Crippen molar-refractivity contribution < 1.29 is 26.4 Å². The van der Waals surface area contributed by atoms with Crippen molar-refractivity contribution in [2.75, 3.05) is 18.4 Å². The molecule has 1 aromatic carbocycles. The summed E-state index contributed by atoms with van der Waals surface area (Å²) in [6, 6.07) is 7.77. The molecule has 8 nitrogen and oxygen atoms in total. The summed E-state index contributed by atoms with van der Waals surface area (Å²) in [4.78, 5) is 13.1. The number of urea groups is 1. The van der Waals surface area contributed by atoms with Crippen molar-refractivity contribution >= 4 is 21.6 Å². The first kappa shape index (κ1) is 23.6. The number of piperidine rings is 1. The highest BCUT2D eigenvalue weighted by atomic mass is 32.2. The first-order valence-electron chi connectivity index (χ1n) is 9.78. The number of hydrogen-bond donors (Lipinski definition) is 1. The molecule has 2 aromatic rings. The molecule has 0 aliphatic carbocycles. The molecule has 172 valence electrons. The molecule has 0 saturated carbocycles. The fraction of sp³-hybridized carbons (Fsp3) is 0.450. The van der Waals surface area contributed by atoms with E-state index in [1.54, 1.807) is 24.3 Å². The minimum absolute atomic E-state index is 0.0390. The Kier molecular flexibility index (Phi) is 6.50. The fourth-order valence-corrected chi connectivity index (χ4v) is 5.51. The summed E-state index contributed by atoms with van der Waals surface area (Å²) in [5.74, 6) is -0.989. The Morgan fingerprint density at radius 3 is 2.41 bits per heavy atom. The first-order valence-corrected chi connectivity index (χ1v) is 11.3. The molecule has 2 amide bonds. The third-order valence-corrected chi connectivity index (χ3v) is 7.90. The predicted molar refractivity (Wildman–Crippen MR) is 109 cm³/mol. The molecule has 1 atom stereocenters. The molecule has 3 rings (SSSR count). The van der Waals surface area contributed by atoms with Gasteiger partial charge in [-0.05, 0) is 44.0 Å². The summed E-state index contributed by atoms with van der Waals surface area (Å²) in [7, 11) is -3.48. The van der Waals surface area contributed by atoms with Gasteiger partial charge >= 0.3 is 6.03 Å². The molecule has 1 unspecified atom stereocenters. The molecular formula is C20H22F3N5O3S. The van der Waals surface area contributed by atoms with Gasteiger partial charge in [0.25, 0.3) is 6.43 Å². The summed E-state index contributed by atoms with van der Waals surface area (Å²) >= 11 is 0. The van der Waals surface area contributed by atoms with Crippen LogP contribution in [0.3, 0.4) is 0 Å². The maximum absolute atomic E-state index is 15.6. The number of anilines is 1. The summed E-state index contributed by atoms with van der Waals surface area (Å²) in [5, 5.41) is 12.1. The molecule has 1 saturated heterocycles. The van der Waals surface area contributed by atoms with Gasteiger partial charge in [-0.1, -0.05) is 0 Å². The SMILES string of the molecule is Cn1cc(S(=O)(=O)C(C)(F)C2CCN(C(=O)Nc3ccc(C#N)cc3)CC2)c(C(F)F)n1. The van der Waals surface area contributed by atoms with Crippen LogP contribution in [0.25, 0.3) is 0 Å². The fourth-order valence-electron chi connectivity index (χ4n) is 3.71. The largest absolute Gasteiger partial charge is 0.325 e. The van der Waals surface area contributed by atoms with Crippen LogP contribution >= 0.6 is 0 Å². The van der Waals surface area contributed by atoms with Gasteiger partial charge in [0.05, 0.1) is 11.6 Å². The Bertz CT molecular complexity index is 1130. The third kappa shape index (κ3) is 4.43. The van der Waals surface area contributed by atoms with E-state index in [1.807, 2.05) is 6.07 Å². The number of aromatic nitrogens is 2. The van der Waals surface area contributed by atoms with E-state index in [-0.39, 0.29) is 25.9 Å². The van der Waals surface area contributed by atoms with Crippen molar-refractivity contribution in [1.29, 1.82) is 5.26 Å². The number of nitrogens with zero attached hydrogens (tertiary/aromatic N) is 4. The van der Waals surface area contributed by atoms with Crippen molar-refractivity contribution in [2.45, 2.75) is 36.1 Å². The lowest BCUT2D eigenvalue weighted by Crippen LogP contribution is -2.48. The second kappa shape index (κ2) is 8.82. The normalized spacial score (nSPS) is 17.1. The maximum atomic E-state index is 15.6. The van der Waals surface area contributed by atoms with Crippen LogP contribution in [0.4, 0.5) is 23.7 Å². The van der Waals surface area contributed by atoms with Crippen molar-refractivity contribution in [2.24, 2.45) is 13.0 Å². The molecule has 0 bridgehead atoms. The van der Waals surface area contributed by atoms with Gasteiger partial charge < -0.3 is 10.2 Å². The average Bonchev–Trinajstić information content (AvgIpc) is 3.17. The molecule has 0 spiro atoms. The van der Waals surface area contributed by atoms with Crippen LogP contribution in [0, 0.1) is 17.2 Å². The van der Waals surface area contributed by atoms with Gasteiger partial charge in [0, 0.05) is 37.9 Å². The van der Waals surface area contributed by atoms with Crippen LogP contribution in [0.15, 0.2) is 35.4 Å². The maximum Gasteiger partial charge on any atom is 0.321 e. The van der Waals surface area contributed by atoms with Gasteiger partial charge in [-0.3, -0.25) is 4.68 Å². The van der Waals surface area contributed by atoms with Crippen molar-refractivity contribution in [1.82, 2.24) is 14.7 Å². The number of sulfone groups is 1. The highest BCUT2D eigenvalue weighted by molar-refractivity contribution is 7.92. The van der Waals surface area contributed by atoms with E-state index < -0.39 is 43.8 Å². The number of rotatable bonds is 5. The highest BCUT2D eigenvalue weighted by Gasteiger charge is 2.50. The highest BCUT2D eigenvalue weighted by Crippen LogP contribution is 2.41. The number of amides is 2. The number of halogens is 3. The van der Waals surface area contributed by atoms with Gasteiger partial charge in [-0.25, -0.2) is 26.4 Å². The van der Waals surface area contributed by atoms with Gasteiger partial charge in [0.15, 0.2) is 0 Å².